The van der Waals surface area contributed by atoms with Crippen LogP contribution in [0.4, 0.5) is 34.1 Å². The van der Waals surface area contributed by atoms with Gasteiger partial charge in [0.25, 0.3) is 6.71 Å². The predicted octanol–water partition coefficient (Wildman–Crippen LogP) is 16.1. The van der Waals surface area contributed by atoms with Gasteiger partial charge < -0.3 is 9.80 Å². The highest BCUT2D eigenvalue weighted by Crippen LogP contribution is 2.54. The number of nitrogens with zero attached hydrogens (tertiary/aromatic N) is 2. The summed E-state index contributed by atoms with van der Waals surface area (Å²) in [5.41, 5.74) is 23.5. The molecule has 1 aromatic heterocycles. The van der Waals surface area contributed by atoms with E-state index in [1.54, 1.807) is 0 Å². The van der Waals surface area contributed by atoms with E-state index >= 15 is 0 Å². The molecule has 1 atom stereocenters. The summed E-state index contributed by atoms with van der Waals surface area (Å²) >= 11 is 2.02. The Hall–Kier alpha value is -5.06. The second kappa shape index (κ2) is 14.5. The zero-order valence-corrected chi connectivity index (χ0v) is 43.0. The van der Waals surface area contributed by atoms with E-state index in [1.165, 1.54) is 136 Å². The molecule has 7 aromatic rings. The summed E-state index contributed by atoms with van der Waals surface area (Å²) in [6.07, 6.45) is 4.79. The van der Waals surface area contributed by atoms with Crippen LogP contribution in [0.1, 0.15) is 161 Å². The van der Waals surface area contributed by atoms with Crippen LogP contribution < -0.4 is 25.5 Å². The lowest BCUT2D eigenvalue weighted by atomic mass is 9.36. The molecule has 2 aliphatic carbocycles. The van der Waals surface area contributed by atoms with E-state index in [4.69, 9.17) is 0 Å². The average molecular weight is 885 g/mol. The Balaban J connectivity index is 1.27. The summed E-state index contributed by atoms with van der Waals surface area (Å²) in [6, 6.07) is 43.9. The van der Waals surface area contributed by atoms with E-state index in [0.29, 0.717) is 5.92 Å². The quantitative estimate of drug-likeness (QED) is 0.163. The zero-order valence-electron chi connectivity index (χ0n) is 42.2. The predicted molar refractivity (Wildman–Crippen MR) is 289 cm³/mol. The van der Waals surface area contributed by atoms with Crippen LogP contribution in [-0.2, 0) is 27.1 Å². The van der Waals surface area contributed by atoms with Crippen LogP contribution in [0.3, 0.4) is 0 Å². The molecule has 66 heavy (non-hydrogen) atoms. The van der Waals surface area contributed by atoms with Gasteiger partial charge in [-0.25, -0.2) is 0 Å². The highest BCUT2D eigenvalue weighted by atomic mass is 32.1. The Morgan fingerprint density at radius 3 is 1.92 bits per heavy atom. The minimum absolute atomic E-state index is 0.0171. The number of hydrogen-bond donors (Lipinski definition) is 0. The van der Waals surface area contributed by atoms with Gasteiger partial charge in [0, 0.05) is 43.2 Å². The van der Waals surface area contributed by atoms with Crippen LogP contribution in [0.15, 0.2) is 109 Å². The minimum Gasteiger partial charge on any atom is -0.311 e. The SMILES string of the molecule is Cc1cc2c3c(c1)N(c1ccc4c(c1)C(C)(C)CCC4(C)C)c1c(sc4ccc(C(C)(C)C)cc14)B3c1cc(C(C)(C)C)ccc1N2c1cc2c(cc1-c1ccccc1)C(C)(C)CCC2C. The van der Waals surface area contributed by atoms with Crippen molar-refractivity contribution in [3.63, 3.8) is 0 Å². The Morgan fingerprint density at radius 2 is 1.23 bits per heavy atom. The topological polar surface area (TPSA) is 6.48 Å². The molecular weight excluding hydrogens is 816 g/mol. The standard InChI is InChI=1S/C62H69BN2S/c1-37-30-52-55-53(31-37)65(51-36-43-38(2)26-27-60(9,10)47(43)35-44(51)39-18-16-15-17-19-39)50-24-20-41(59(6,7)8)33-49(50)63(55)57-56(45-32-40(58(3,4)5)21-25-54(45)66-57)64(52)42-22-23-46-48(34-42)62(13,14)29-28-61(46,11)12/h15-25,30-36,38H,26-29H2,1-14H3. The van der Waals surface area contributed by atoms with Crippen molar-refractivity contribution in [3.8, 4) is 11.1 Å². The van der Waals surface area contributed by atoms with Crippen molar-refractivity contribution in [2.24, 2.45) is 0 Å². The van der Waals surface area contributed by atoms with Gasteiger partial charge in [0.05, 0.1) is 11.4 Å². The molecule has 4 aliphatic rings. The number of hydrogen-bond acceptors (Lipinski definition) is 3. The van der Waals surface area contributed by atoms with Crippen molar-refractivity contribution in [1.82, 2.24) is 0 Å². The lowest BCUT2D eigenvalue weighted by Gasteiger charge is -2.46. The number of benzene rings is 6. The van der Waals surface area contributed by atoms with Gasteiger partial charge in [-0.3, -0.25) is 0 Å². The van der Waals surface area contributed by atoms with Gasteiger partial charge in [-0.2, -0.15) is 0 Å². The molecule has 0 N–H and O–H groups in total. The third-order valence-electron chi connectivity index (χ3n) is 16.6. The van der Waals surface area contributed by atoms with Crippen molar-refractivity contribution in [2.45, 2.75) is 156 Å². The van der Waals surface area contributed by atoms with Crippen molar-refractivity contribution < 1.29 is 0 Å². The summed E-state index contributed by atoms with van der Waals surface area (Å²) < 4.78 is 2.80. The van der Waals surface area contributed by atoms with Gasteiger partial charge >= 0.3 is 0 Å². The van der Waals surface area contributed by atoms with E-state index in [1.807, 2.05) is 11.3 Å². The van der Waals surface area contributed by atoms with Gasteiger partial charge in [0.15, 0.2) is 0 Å². The third-order valence-corrected chi connectivity index (χ3v) is 17.8. The minimum atomic E-state index is -0.0205. The maximum atomic E-state index is 2.72. The van der Waals surface area contributed by atoms with Crippen molar-refractivity contribution >= 4 is 78.0 Å². The summed E-state index contributed by atoms with van der Waals surface area (Å²) in [5.74, 6) is 0.483. The molecule has 1 unspecified atom stereocenters. The summed E-state index contributed by atoms with van der Waals surface area (Å²) in [5, 5.41) is 1.36. The first kappa shape index (κ1) is 43.5. The van der Waals surface area contributed by atoms with Gasteiger partial charge in [-0.05, 0) is 176 Å². The monoisotopic (exact) mass is 885 g/mol. The first-order chi connectivity index (χ1) is 31.0. The smallest absolute Gasteiger partial charge is 0.264 e. The van der Waals surface area contributed by atoms with E-state index in [0.717, 1.165) is 0 Å². The molecule has 0 radical (unpaired) electrons. The maximum absolute atomic E-state index is 2.72. The fourth-order valence-electron chi connectivity index (χ4n) is 12.3. The highest BCUT2D eigenvalue weighted by Gasteiger charge is 2.47. The van der Waals surface area contributed by atoms with Crippen molar-refractivity contribution in [3.05, 3.63) is 148 Å². The molecule has 0 saturated heterocycles. The maximum Gasteiger partial charge on any atom is 0.264 e. The highest BCUT2D eigenvalue weighted by molar-refractivity contribution is 7.33. The summed E-state index contributed by atoms with van der Waals surface area (Å²) in [7, 11) is 0. The fourth-order valence-corrected chi connectivity index (χ4v) is 13.6. The second-order valence-electron chi connectivity index (χ2n) is 24.8. The van der Waals surface area contributed by atoms with Crippen LogP contribution in [0.25, 0.3) is 21.2 Å². The third kappa shape index (κ3) is 6.62. The molecule has 11 rings (SSSR count). The number of rotatable bonds is 3. The molecule has 2 aliphatic heterocycles. The van der Waals surface area contributed by atoms with Gasteiger partial charge in [-0.15, -0.1) is 11.3 Å². The Morgan fingerprint density at radius 1 is 0.591 bits per heavy atom. The summed E-state index contributed by atoms with van der Waals surface area (Å²) in [6.45, 7) is 33.8. The molecular formula is C62H69BN2S. The number of aryl methyl sites for hydroxylation is 1. The van der Waals surface area contributed by atoms with Crippen LogP contribution in [0.2, 0.25) is 0 Å². The largest absolute Gasteiger partial charge is 0.311 e. The first-order valence-corrected chi connectivity index (χ1v) is 25.7. The molecule has 336 valence electrons. The van der Waals surface area contributed by atoms with E-state index in [-0.39, 0.29) is 33.8 Å². The molecule has 0 saturated carbocycles. The molecule has 0 spiro atoms. The Bertz CT molecular complexity index is 3130. The lowest BCUT2D eigenvalue weighted by molar-refractivity contribution is 0.332. The van der Waals surface area contributed by atoms with Gasteiger partial charge in [0.2, 0.25) is 0 Å². The summed E-state index contributed by atoms with van der Waals surface area (Å²) in [4.78, 5) is 5.42. The van der Waals surface area contributed by atoms with Gasteiger partial charge in [-0.1, -0.05) is 145 Å². The van der Waals surface area contributed by atoms with Crippen LogP contribution in [0.5, 0.6) is 0 Å². The van der Waals surface area contributed by atoms with Crippen molar-refractivity contribution in [2.75, 3.05) is 9.80 Å². The second-order valence-corrected chi connectivity index (χ2v) is 25.8. The van der Waals surface area contributed by atoms with E-state index in [9.17, 15) is 0 Å². The average Bonchev–Trinajstić information content (AvgIpc) is 3.64. The zero-order chi connectivity index (χ0) is 46.6. The molecule has 3 heterocycles. The molecule has 0 bridgehead atoms. The van der Waals surface area contributed by atoms with Crippen LogP contribution in [-0.4, -0.2) is 6.71 Å². The Kier molecular flexibility index (Phi) is 9.54. The first-order valence-electron chi connectivity index (χ1n) is 24.9. The normalized spacial score (nSPS) is 18.9. The van der Waals surface area contributed by atoms with Crippen molar-refractivity contribution in [1.29, 1.82) is 0 Å². The Labute approximate surface area is 400 Å². The number of fused-ring (bicyclic) bond motifs is 8. The fraction of sp³-hybridized carbons (Fsp3) is 0.387. The molecule has 0 amide bonds. The molecule has 2 nitrogen and oxygen atoms in total. The van der Waals surface area contributed by atoms with E-state index in [2.05, 4.69) is 216 Å². The van der Waals surface area contributed by atoms with E-state index < -0.39 is 0 Å². The van der Waals surface area contributed by atoms with Crippen LogP contribution in [0, 0.1) is 6.92 Å². The molecule has 6 aromatic carbocycles. The lowest BCUT2D eigenvalue weighted by Crippen LogP contribution is -2.60. The van der Waals surface area contributed by atoms with Gasteiger partial charge in [0.1, 0.15) is 0 Å². The molecule has 4 heteroatoms. The van der Waals surface area contributed by atoms with Crippen LogP contribution >= 0.6 is 11.3 Å². The number of anilines is 6. The number of thiophene rings is 1. The molecule has 0 fully saturated rings.